The fourth-order valence-corrected chi connectivity index (χ4v) is 3.77. The van der Waals surface area contributed by atoms with Crippen LogP contribution in [0.3, 0.4) is 0 Å². The number of aromatic nitrogens is 1. The minimum atomic E-state index is -3.37. The van der Waals surface area contributed by atoms with Gasteiger partial charge in [-0.05, 0) is 51.3 Å². The van der Waals surface area contributed by atoms with E-state index < -0.39 is 15.4 Å². The van der Waals surface area contributed by atoms with Gasteiger partial charge in [0, 0.05) is 12.3 Å². The SMILES string of the molecule is C=CCC1CCC=C(S(C)(=O)=O)N1c1cccc(C(C)(C)O)n1. The van der Waals surface area contributed by atoms with E-state index >= 15 is 0 Å². The third-order valence-corrected chi connectivity index (χ3v) is 4.97. The maximum atomic E-state index is 12.2. The molecule has 0 spiro atoms. The number of anilines is 1. The molecule has 0 radical (unpaired) electrons. The van der Waals surface area contributed by atoms with Crippen LogP contribution < -0.4 is 4.90 Å². The van der Waals surface area contributed by atoms with Gasteiger partial charge in [-0.2, -0.15) is 0 Å². The molecule has 2 rings (SSSR count). The van der Waals surface area contributed by atoms with Crippen LogP contribution in [0, 0.1) is 0 Å². The van der Waals surface area contributed by atoms with Gasteiger partial charge in [0.25, 0.3) is 0 Å². The summed E-state index contributed by atoms with van der Waals surface area (Å²) in [5.74, 6) is 0.535. The standard InChI is InChI=1S/C17H24N2O3S/c1-5-8-13-9-6-12-16(23(4,21)22)19(13)15-11-7-10-14(18-15)17(2,3)20/h5,7,10-13,20H,1,6,8-9H2,2-4H3. The van der Waals surface area contributed by atoms with E-state index in [1.807, 2.05) is 0 Å². The van der Waals surface area contributed by atoms with E-state index in [1.165, 1.54) is 6.26 Å². The second-order valence-electron chi connectivity index (χ2n) is 6.38. The van der Waals surface area contributed by atoms with Crippen LogP contribution in [0.25, 0.3) is 0 Å². The van der Waals surface area contributed by atoms with E-state index in [0.29, 0.717) is 24.4 Å². The topological polar surface area (TPSA) is 70.5 Å². The smallest absolute Gasteiger partial charge is 0.190 e. The Bertz CT molecular complexity index is 718. The molecule has 1 unspecified atom stereocenters. The lowest BCUT2D eigenvalue weighted by molar-refractivity contribution is 0.0739. The summed E-state index contributed by atoms with van der Waals surface area (Å²) in [4.78, 5) is 6.26. The number of allylic oxidation sites excluding steroid dienone is 1. The molecule has 126 valence electrons. The highest BCUT2D eigenvalue weighted by Crippen LogP contribution is 2.32. The molecule has 5 nitrogen and oxygen atoms in total. The summed E-state index contributed by atoms with van der Waals surface area (Å²) in [6, 6.07) is 5.29. The molecule has 1 aliphatic rings. The highest BCUT2D eigenvalue weighted by atomic mass is 32.2. The highest BCUT2D eigenvalue weighted by Gasteiger charge is 2.31. The van der Waals surface area contributed by atoms with Crippen molar-refractivity contribution in [3.05, 3.63) is 47.7 Å². The van der Waals surface area contributed by atoms with Gasteiger partial charge in [0.15, 0.2) is 9.84 Å². The molecule has 1 aliphatic heterocycles. The lowest BCUT2D eigenvalue weighted by Crippen LogP contribution is -2.40. The molecule has 0 saturated heterocycles. The first-order valence-corrected chi connectivity index (χ1v) is 9.54. The molecule has 23 heavy (non-hydrogen) atoms. The number of pyridine rings is 1. The molecule has 6 heteroatoms. The van der Waals surface area contributed by atoms with Crippen LogP contribution in [0.5, 0.6) is 0 Å². The van der Waals surface area contributed by atoms with Gasteiger partial charge in [-0.25, -0.2) is 13.4 Å². The van der Waals surface area contributed by atoms with Gasteiger partial charge in [0.05, 0.1) is 5.69 Å². The summed E-state index contributed by atoms with van der Waals surface area (Å²) >= 11 is 0. The van der Waals surface area contributed by atoms with E-state index in [0.717, 1.165) is 6.42 Å². The molecule has 0 fully saturated rings. The monoisotopic (exact) mass is 336 g/mol. The summed E-state index contributed by atoms with van der Waals surface area (Å²) < 4.78 is 24.4. The van der Waals surface area contributed by atoms with Crippen molar-refractivity contribution in [2.75, 3.05) is 11.2 Å². The van der Waals surface area contributed by atoms with E-state index in [4.69, 9.17) is 0 Å². The molecule has 0 saturated carbocycles. The fraction of sp³-hybridized carbons (Fsp3) is 0.471. The number of rotatable bonds is 5. The zero-order chi connectivity index (χ0) is 17.3. The van der Waals surface area contributed by atoms with Crippen molar-refractivity contribution in [3.63, 3.8) is 0 Å². The zero-order valence-electron chi connectivity index (χ0n) is 13.9. The van der Waals surface area contributed by atoms with Crippen molar-refractivity contribution >= 4 is 15.7 Å². The van der Waals surface area contributed by atoms with Crippen LogP contribution >= 0.6 is 0 Å². The third-order valence-electron chi connectivity index (χ3n) is 3.85. The second kappa shape index (κ2) is 6.45. The first kappa shape index (κ1) is 17.7. The number of hydrogen-bond acceptors (Lipinski definition) is 5. The summed E-state index contributed by atoms with van der Waals surface area (Å²) in [6.45, 7) is 7.08. The average Bonchev–Trinajstić information content (AvgIpc) is 2.46. The van der Waals surface area contributed by atoms with E-state index in [2.05, 4.69) is 11.6 Å². The molecule has 0 aromatic carbocycles. The Morgan fingerprint density at radius 1 is 1.48 bits per heavy atom. The largest absolute Gasteiger partial charge is 0.384 e. The molecule has 0 aliphatic carbocycles. The Morgan fingerprint density at radius 3 is 2.74 bits per heavy atom. The first-order valence-electron chi connectivity index (χ1n) is 7.65. The number of aliphatic hydroxyl groups is 1. The van der Waals surface area contributed by atoms with Gasteiger partial charge < -0.3 is 10.0 Å². The number of nitrogens with zero attached hydrogens (tertiary/aromatic N) is 2. The first-order chi connectivity index (χ1) is 10.6. The molecule has 1 N–H and O–H groups in total. The molecular weight excluding hydrogens is 312 g/mol. The van der Waals surface area contributed by atoms with Crippen molar-refractivity contribution < 1.29 is 13.5 Å². The predicted molar refractivity (Wildman–Crippen MR) is 92.7 cm³/mol. The molecule has 0 amide bonds. The molecule has 0 bridgehead atoms. The minimum absolute atomic E-state index is 0.00761. The van der Waals surface area contributed by atoms with Crippen molar-refractivity contribution in [2.45, 2.75) is 44.8 Å². The lowest BCUT2D eigenvalue weighted by Gasteiger charge is -2.36. The minimum Gasteiger partial charge on any atom is -0.384 e. The van der Waals surface area contributed by atoms with Gasteiger partial charge in [0.1, 0.15) is 16.4 Å². The molecule has 2 heterocycles. The number of sulfone groups is 1. The predicted octanol–water partition coefficient (Wildman–Crippen LogP) is 2.74. The van der Waals surface area contributed by atoms with Gasteiger partial charge in [0.2, 0.25) is 0 Å². The Kier molecular flexibility index (Phi) is 4.96. The van der Waals surface area contributed by atoms with Crippen molar-refractivity contribution in [1.82, 2.24) is 4.98 Å². The van der Waals surface area contributed by atoms with Gasteiger partial charge >= 0.3 is 0 Å². The third kappa shape index (κ3) is 4.00. The van der Waals surface area contributed by atoms with Crippen LogP contribution in [0.4, 0.5) is 5.82 Å². The van der Waals surface area contributed by atoms with E-state index in [9.17, 15) is 13.5 Å². The average molecular weight is 336 g/mol. The second-order valence-corrected chi connectivity index (χ2v) is 8.34. The zero-order valence-corrected chi connectivity index (χ0v) is 14.7. The maximum Gasteiger partial charge on any atom is 0.190 e. The summed E-state index contributed by atoms with van der Waals surface area (Å²) in [5.41, 5.74) is -0.583. The summed E-state index contributed by atoms with van der Waals surface area (Å²) in [7, 11) is -3.37. The molecular formula is C17H24N2O3S. The van der Waals surface area contributed by atoms with Crippen LogP contribution in [-0.2, 0) is 15.4 Å². The van der Waals surface area contributed by atoms with Gasteiger partial charge in [-0.3, -0.25) is 0 Å². The van der Waals surface area contributed by atoms with Gasteiger partial charge in [-0.15, -0.1) is 6.58 Å². The van der Waals surface area contributed by atoms with Crippen molar-refractivity contribution in [2.24, 2.45) is 0 Å². The van der Waals surface area contributed by atoms with E-state index in [-0.39, 0.29) is 11.1 Å². The molecule has 1 aromatic rings. The molecule has 1 aromatic heterocycles. The highest BCUT2D eigenvalue weighted by molar-refractivity contribution is 7.94. The Balaban J connectivity index is 2.56. The fourth-order valence-electron chi connectivity index (χ4n) is 2.75. The Labute approximate surface area is 138 Å². The maximum absolute atomic E-state index is 12.2. The van der Waals surface area contributed by atoms with Crippen LogP contribution in [0.2, 0.25) is 0 Å². The van der Waals surface area contributed by atoms with Gasteiger partial charge in [-0.1, -0.05) is 12.1 Å². The summed E-state index contributed by atoms with van der Waals surface area (Å²) in [5, 5.41) is 10.5. The molecule has 1 atom stereocenters. The lowest BCUT2D eigenvalue weighted by atomic mass is 10.0. The summed E-state index contributed by atoms with van der Waals surface area (Å²) in [6.07, 6.45) is 6.96. The van der Waals surface area contributed by atoms with Crippen LogP contribution in [-0.4, -0.2) is 30.8 Å². The Morgan fingerprint density at radius 2 is 2.17 bits per heavy atom. The Hall–Kier alpha value is -1.66. The quantitative estimate of drug-likeness (QED) is 0.837. The van der Waals surface area contributed by atoms with E-state index in [1.54, 1.807) is 49.1 Å². The van der Waals surface area contributed by atoms with Crippen LogP contribution in [0.15, 0.2) is 42.0 Å². The van der Waals surface area contributed by atoms with Crippen molar-refractivity contribution in [1.29, 1.82) is 0 Å². The van der Waals surface area contributed by atoms with Crippen LogP contribution in [0.1, 0.15) is 38.8 Å². The van der Waals surface area contributed by atoms with Crippen molar-refractivity contribution in [3.8, 4) is 0 Å². The number of hydrogen-bond donors (Lipinski definition) is 1. The normalized spacial score (nSPS) is 19.4.